The average Bonchev–Trinajstić information content (AvgIpc) is 2.00. The Bertz CT molecular complexity index is 150. The first-order valence-electron chi connectivity index (χ1n) is 3.81. The third-order valence-corrected chi connectivity index (χ3v) is 2.13. The molecule has 2 nitrogen and oxygen atoms in total. The van der Waals surface area contributed by atoms with Gasteiger partial charge in [-0.25, -0.2) is 0 Å². The first kappa shape index (κ1) is 10.4. The van der Waals surface area contributed by atoms with Crippen LogP contribution in [-0.4, -0.2) is 10.7 Å². The van der Waals surface area contributed by atoms with Crippen molar-refractivity contribution in [2.45, 2.75) is 32.2 Å². The minimum atomic E-state index is -0.105. The van der Waals surface area contributed by atoms with Crippen LogP contribution in [-0.2, 0) is 0 Å². The Kier molecular flexibility index (Phi) is 4.11. The second-order valence-electron chi connectivity index (χ2n) is 2.56. The summed E-state index contributed by atoms with van der Waals surface area (Å²) >= 11 is 4.76. The van der Waals surface area contributed by atoms with Gasteiger partial charge in [0.25, 0.3) is 0 Å². The van der Waals surface area contributed by atoms with Crippen LogP contribution in [0.2, 0.25) is 0 Å². The monoisotopic (exact) mass is 172 g/mol. The summed E-state index contributed by atoms with van der Waals surface area (Å²) in [6, 6.07) is 0. The van der Waals surface area contributed by atoms with Gasteiger partial charge in [0.2, 0.25) is 0 Å². The summed E-state index contributed by atoms with van der Waals surface area (Å²) in [7, 11) is 0. The summed E-state index contributed by atoms with van der Waals surface area (Å²) < 4.78 is 0. The molecular formula is C8H16N2S. The SMILES string of the molecule is C=CC(CC)(CC)NC(N)=S. The Morgan fingerprint density at radius 3 is 2.18 bits per heavy atom. The van der Waals surface area contributed by atoms with Gasteiger partial charge < -0.3 is 11.1 Å². The number of rotatable bonds is 4. The summed E-state index contributed by atoms with van der Waals surface area (Å²) in [5, 5.41) is 3.37. The summed E-state index contributed by atoms with van der Waals surface area (Å²) in [4.78, 5) is 0. The fourth-order valence-electron chi connectivity index (χ4n) is 1.01. The highest BCUT2D eigenvalue weighted by Crippen LogP contribution is 2.15. The maximum absolute atomic E-state index is 5.38. The third kappa shape index (κ3) is 2.89. The molecule has 0 bridgehead atoms. The van der Waals surface area contributed by atoms with Gasteiger partial charge in [-0.05, 0) is 25.1 Å². The zero-order chi connectivity index (χ0) is 8.91. The standard InChI is InChI=1S/C8H16N2S/c1-4-8(5-2,6-3)10-7(9)11/h4H,1,5-6H2,2-3H3,(H3,9,10,11). The molecule has 0 unspecified atom stereocenters. The summed E-state index contributed by atoms with van der Waals surface area (Å²) in [6.07, 6.45) is 3.76. The van der Waals surface area contributed by atoms with Crippen LogP contribution in [0.15, 0.2) is 12.7 Å². The van der Waals surface area contributed by atoms with E-state index in [4.69, 9.17) is 18.0 Å². The predicted molar refractivity (Wildman–Crippen MR) is 53.4 cm³/mol. The van der Waals surface area contributed by atoms with E-state index in [2.05, 4.69) is 25.7 Å². The minimum absolute atomic E-state index is 0.105. The van der Waals surface area contributed by atoms with E-state index in [1.54, 1.807) is 0 Å². The van der Waals surface area contributed by atoms with E-state index in [1.807, 2.05) is 6.08 Å². The van der Waals surface area contributed by atoms with Crippen LogP contribution in [0.4, 0.5) is 0 Å². The van der Waals surface area contributed by atoms with Crippen LogP contribution in [0.1, 0.15) is 26.7 Å². The van der Waals surface area contributed by atoms with Crippen molar-refractivity contribution in [3.63, 3.8) is 0 Å². The lowest BCUT2D eigenvalue weighted by Crippen LogP contribution is -2.48. The smallest absolute Gasteiger partial charge is 0.164 e. The first-order chi connectivity index (χ1) is 5.10. The van der Waals surface area contributed by atoms with Gasteiger partial charge in [0.15, 0.2) is 5.11 Å². The molecule has 3 N–H and O–H groups in total. The van der Waals surface area contributed by atoms with E-state index >= 15 is 0 Å². The highest BCUT2D eigenvalue weighted by Gasteiger charge is 2.21. The average molecular weight is 172 g/mol. The quantitative estimate of drug-likeness (QED) is 0.499. The lowest BCUT2D eigenvalue weighted by Gasteiger charge is -2.29. The Hall–Kier alpha value is -0.570. The van der Waals surface area contributed by atoms with Crippen LogP contribution in [0.3, 0.4) is 0 Å². The van der Waals surface area contributed by atoms with E-state index < -0.39 is 0 Å². The Labute approximate surface area is 73.9 Å². The van der Waals surface area contributed by atoms with Gasteiger partial charge >= 0.3 is 0 Å². The normalized spacial score (nSPS) is 10.7. The van der Waals surface area contributed by atoms with Crippen molar-refractivity contribution in [1.82, 2.24) is 5.32 Å². The van der Waals surface area contributed by atoms with Gasteiger partial charge in [-0.2, -0.15) is 0 Å². The van der Waals surface area contributed by atoms with Crippen molar-refractivity contribution in [3.8, 4) is 0 Å². The van der Waals surface area contributed by atoms with E-state index in [0.29, 0.717) is 5.11 Å². The van der Waals surface area contributed by atoms with Crippen molar-refractivity contribution in [2.24, 2.45) is 5.73 Å². The molecule has 0 radical (unpaired) electrons. The van der Waals surface area contributed by atoms with Crippen molar-refractivity contribution in [1.29, 1.82) is 0 Å². The first-order valence-corrected chi connectivity index (χ1v) is 4.22. The topological polar surface area (TPSA) is 38.0 Å². The molecule has 0 saturated carbocycles. The molecule has 0 aliphatic rings. The van der Waals surface area contributed by atoms with Crippen molar-refractivity contribution < 1.29 is 0 Å². The molecule has 0 saturated heterocycles. The molecule has 0 fully saturated rings. The molecule has 0 rings (SSSR count). The van der Waals surface area contributed by atoms with Crippen molar-refractivity contribution in [3.05, 3.63) is 12.7 Å². The van der Waals surface area contributed by atoms with Crippen LogP contribution in [0.5, 0.6) is 0 Å². The van der Waals surface area contributed by atoms with Gasteiger partial charge in [-0.3, -0.25) is 0 Å². The Morgan fingerprint density at radius 2 is 2.09 bits per heavy atom. The van der Waals surface area contributed by atoms with Gasteiger partial charge in [0, 0.05) is 0 Å². The predicted octanol–water partition coefficient (Wildman–Crippen LogP) is 1.56. The molecule has 64 valence electrons. The fourth-order valence-corrected chi connectivity index (χ4v) is 1.22. The molecule has 3 heteroatoms. The minimum Gasteiger partial charge on any atom is -0.376 e. The number of nitrogens with two attached hydrogens (primary N) is 1. The molecule has 0 aliphatic heterocycles. The van der Waals surface area contributed by atoms with E-state index in [9.17, 15) is 0 Å². The number of nitrogens with one attached hydrogen (secondary N) is 1. The number of hydrogen-bond donors (Lipinski definition) is 2. The summed E-state index contributed by atoms with van der Waals surface area (Å²) in [5.74, 6) is 0. The highest BCUT2D eigenvalue weighted by atomic mass is 32.1. The molecule has 0 aromatic heterocycles. The fraction of sp³-hybridized carbons (Fsp3) is 0.625. The zero-order valence-electron chi connectivity index (χ0n) is 7.18. The molecule has 0 atom stereocenters. The largest absolute Gasteiger partial charge is 0.376 e. The molecule has 0 spiro atoms. The van der Waals surface area contributed by atoms with Crippen molar-refractivity contribution >= 4 is 17.3 Å². The summed E-state index contributed by atoms with van der Waals surface area (Å²) in [6.45, 7) is 7.91. The number of thiocarbonyl (C=S) groups is 1. The Morgan fingerprint density at radius 1 is 1.64 bits per heavy atom. The van der Waals surface area contributed by atoms with Crippen LogP contribution in [0.25, 0.3) is 0 Å². The molecule has 0 aliphatic carbocycles. The lowest BCUT2D eigenvalue weighted by atomic mass is 9.93. The Balaban J connectivity index is 4.28. The second-order valence-corrected chi connectivity index (χ2v) is 3.00. The van der Waals surface area contributed by atoms with Crippen LogP contribution >= 0.6 is 12.2 Å². The third-order valence-electron chi connectivity index (χ3n) is 2.02. The van der Waals surface area contributed by atoms with Crippen LogP contribution in [0, 0.1) is 0 Å². The van der Waals surface area contributed by atoms with Crippen LogP contribution < -0.4 is 11.1 Å². The molecule has 11 heavy (non-hydrogen) atoms. The second kappa shape index (κ2) is 4.34. The molecule has 0 heterocycles. The zero-order valence-corrected chi connectivity index (χ0v) is 8.00. The highest BCUT2D eigenvalue weighted by molar-refractivity contribution is 7.80. The van der Waals surface area contributed by atoms with E-state index in [0.717, 1.165) is 12.8 Å². The van der Waals surface area contributed by atoms with Gasteiger partial charge in [0.05, 0.1) is 5.54 Å². The lowest BCUT2D eigenvalue weighted by molar-refractivity contribution is 0.443. The molecule has 0 aromatic carbocycles. The molecule has 0 aromatic rings. The van der Waals surface area contributed by atoms with Gasteiger partial charge in [0.1, 0.15) is 0 Å². The molecule has 0 amide bonds. The maximum Gasteiger partial charge on any atom is 0.164 e. The molecular weight excluding hydrogens is 156 g/mol. The van der Waals surface area contributed by atoms with Gasteiger partial charge in [-0.1, -0.05) is 19.9 Å². The van der Waals surface area contributed by atoms with Gasteiger partial charge in [-0.15, -0.1) is 6.58 Å². The van der Waals surface area contributed by atoms with E-state index in [-0.39, 0.29) is 5.54 Å². The summed E-state index contributed by atoms with van der Waals surface area (Å²) in [5.41, 5.74) is 5.27. The van der Waals surface area contributed by atoms with Crippen molar-refractivity contribution in [2.75, 3.05) is 0 Å². The van der Waals surface area contributed by atoms with E-state index in [1.165, 1.54) is 0 Å². The number of hydrogen-bond acceptors (Lipinski definition) is 1. The maximum atomic E-state index is 5.38.